The van der Waals surface area contributed by atoms with E-state index in [-0.39, 0.29) is 0 Å². The minimum atomic E-state index is 0.473. The lowest BCUT2D eigenvalue weighted by molar-refractivity contribution is 0.381. The Morgan fingerprint density at radius 1 is 1.05 bits per heavy atom. The molecule has 0 radical (unpaired) electrons. The van der Waals surface area contributed by atoms with E-state index in [1.807, 2.05) is 0 Å². The van der Waals surface area contributed by atoms with Gasteiger partial charge < -0.3 is 4.74 Å². The van der Waals surface area contributed by atoms with Crippen molar-refractivity contribution in [2.75, 3.05) is 0 Å². The van der Waals surface area contributed by atoms with Crippen LogP contribution in [-0.4, -0.2) is 0 Å². The molecule has 1 aromatic rings. The summed E-state index contributed by atoms with van der Waals surface area (Å²) in [6, 6.07) is 2.35. The van der Waals surface area contributed by atoms with Gasteiger partial charge in [-0.3, -0.25) is 0 Å². The van der Waals surface area contributed by atoms with Crippen LogP contribution >= 0.6 is 0 Å². The average molecular weight is 258 g/mol. The fraction of sp³-hybridized carbons (Fsp3) is 0.556. The summed E-state index contributed by atoms with van der Waals surface area (Å²) in [6.45, 7) is 15.6. The summed E-state index contributed by atoms with van der Waals surface area (Å²) in [5, 5.41) is 0. The molecule has 0 saturated heterocycles. The zero-order chi connectivity index (χ0) is 14.3. The van der Waals surface area contributed by atoms with Gasteiger partial charge in [-0.05, 0) is 55.4 Å². The third-order valence-electron chi connectivity index (χ3n) is 4.21. The van der Waals surface area contributed by atoms with Gasteiger partial charge in [0.15, 0.2) is 0 Å². The standard InChI is InChI=1S/C18H26O/c1-10(2)15-8-12(5)14(7)18-17(15)16(11(3)4)9-13(6)19-18/h8-11,16H,1-7H3. The van der Waals surface area contributed by atoms with Crippen molar-refractivity contribution in [3.05, 3.63) is 40.2 Å². The Kier molecular flexibility index (Phi) is 3.75. The molecule has 1 nitrogen and oxygen atoms in total. The molecular formula is C18H26O. The van der Waals surface area contributed by atoms with Gasteiger partial charge in [0, 0.05) is 11.5 Å². The van der Waals surface area contributed by atoms with Gasteiger partial charge in [0.2, 0.25) is 0 Å². The highest BCUT2D eigenvalue weighted by atomic mass is 16.5. The zero-order valence-corrected chi connectivity index (χ0v) is 13.3. The van der Waals surface area contributed by atoms with E-state index in [4.69, 9.17) is 4.74 Å². The van der Waals surface area contributed by atoms with Gasteiger partial charge in [0.05, 0.1) is 5.76 Å². The maximum absolute atomic E-state index is 6.08. The zero-order valence-electron chi connectivity index (χ0n) is 13.3. The highest BCUT2D eigenvalue weighted by Gasteiger charge is 2.28. The Labute approximate surface area is 117 Å². The van der Waals surface area contributed by atoms with Crippen LogP contribution in [0.15, 0.2) is 17.9 Å². The highest BCUT2D eigenvalue weighted by Crippen LogP contribution is 2.45. The van der Waals surface area contributed by atoms with Crippen LogP contribution in [0.5, 0.6) is 5.75 Å². The molecule has 0 aliphatic carbocycles. The van der Waals surface area contributed by atoms with Gasteiger partial charge in [0.25, 0.3) is 0 Å². The molecule has 1 heterocycles. The van der Waals surface area contributed by atoms with Crippen LogP contribution in [0.2, 0.25) is 0 Å². The Bertz CT molecular complexity index is 521. The van der Waals surface area contributed by atoms with Crippen molar-refractivity contribution < 1.29 is 4.74 Å². The smallest absolute Gasteiger partial charge is 0.134 e. The number of benzene rings is 1. The largest absolute Gasteiger partial charge is 0.462 e. The van der Waals surface area contributed by atoms with Crippen LogP contribution in [0, 0.1) is 19.8 Å². The third kappa shape index (κ3) is 2.43. The molecule has 1 aliphatic heterocycles. The summed E-state index contributed by atoms with van der Waals surface area (Å²) in [5.41, 5.74) is 5.48. The predicted octanol–water partition coefficient (Wildman–Crippen LogP) is 5.46. The topological polar surface area (TPSA) is 9.23 Å². The Morgan fingerprint density at radius 3 is 2.21 bits per heavy atom. The number of ether oxygens (including phenoxy) is 1. The van der Waals surface area contributed by atoms with E-state index in [2.05, 4.69) is 60.6 Å². The molecule has 0 N–H and O–H groups in total. The molecular weight excluding hydrogens is 232 g/mol. The molecule has 0 bridgehead atoms. The molecule has 2 rings (SSSR count). The van der Waals surface area contributed by atoms with Gasteiger partial charge in [-0.25, -0.2) is 0 Å². The second-order valence-electron chi connectivity index (χ2n) is 6.45. The third-order valence-corrected chi connectivity index (χ3v) is 4.21. The fourth-order valence-corrected chi connectivity index (χ4v) is 2.94. The molecule has 0 spiro atoms. The number of aryl methyl sites for hydroxylation is 1. The molecule has 1 aliphatic rings. The van der Waals surface area contributed by atoms with Gasteiger partial charge >= 0.3 is 0 Å². The van der Waals surface area contributed by atoms with E-state index in [0.29, 0.717) is 17.8 Å². The maximum atomic E-state index is 6.08. The van der Waals surface area contributed by atoms with Crippen molar-refractivity contribution in [3.8, 4) is 5.75 Å². The summed E-state index contributed by atoms with van der Waals surface area (Å²) in [6.07, 6.45) is 2.29. The Morgan fingerprint density at radius 2 is 1.68 bits per heavy atom. The Hall–Kier alpha value is -1.24. The van der Waals surface area contributed by atoms with E-state index in [9.17, 15) is 0 Å². The normalized spacial score (nSPS) is 18.4. The van der Waals surface area contributed by atoms with Crippen LogP contribution in [-0.2, 0) is 0 Å². The first kappa shape index (κ1) is 14.2. The highest BCUT2D eigenvalue weighted by molar-refractivity contribution is 5.56. The first-order chi connectivity index (χ1) is 8.82. The fourth-order valence-electron chi connectivity index (χ4n) is 2.94. The van der Waals surface area contributed by atoms with Gasteiger partial charge in [-0.2, -0.15) is 0 Å². The summed E-state index contributed by atoms with van der Waals surface area (Å²) in [5.74, 6) is 3.75. The van der Waals surface area contributed by atoms with Crippen LogP contribution in [0.3, 0.4) is 0 Å². The van der Waals surface area contributed by atoms with Crippen LogP contribution in [0.1, 0.15) is 68.7 Å². The van der Waals surface area contributed by atoms with E-state index >= 15 is 0 Å². The molecule has 19 heavy (non-hydrogen) atoms. The number of rotatable bonds is 2. The maximum Gasteiger partial charge on any atom is 0.134 e. The summed E-state index contributed by atoms with van der Waals surface area (Å²) in [4.78, 5) is 0. The van der Waals surface area contributed by atoms with Crippen molar-refractivity contribution in [2.45, 2.75) is 60.3 Å². The molecule has 0 fully saturated rings. The second kappa shape index (κ2) is 5.03. The first-order valence-corrected chi connectivity index (χ1v) is 7.33. The molecule has 0 saturated carbocycles. The van der Waals surface area contributed by atoms with E-state index in [1.54, 1.807) is 0 Å². The minimum Gasteiger partial charge on any atom is -0.462 e. The molecule has 104 valence electrons. The second-order valence-corrected chi connectivity index (χ2v) is 6.45. The lowest BCUT2D eigenvalue weighted by atomic mass is 9.79. The molecule has 1 atom stereocenters. The summed E-state index contributed by atoms with van der Waals surface area (Å²) >= 11 is 0. The summed E-state index contributed by atoms with van der Waals surface area (Å²) < 4.78 is 6.08. The molecule has 1 heteroatoms. The first-order valence-electron chi connectivity index (χ1n) is 7.33. The predicted molar refractivity (Wildman–Crippen MR) is 82.0 cm³/mol. The van der Waals surface area contributed by atoms with Gasteiger partial charge in [-0.15, -0.1) is 0 Å². The lowest BCUT2D eigenvalue weighted by Gasteiger charge is -2.31. The van der Waals surface area contributed by atoms with Crippen molar-refractivity contribution in [1.82, 2.24) is 0 Å². The van der Waals surface area contributed by atoms with Crippen molar-refractivity contribution in [2.24, 2.45) is 5.92 Å². The molecule has 0 amide bonds. The molecule has 0 aromatic heterocycles. The lowest BCUT2D eigenvalue weighted by Crippen LogP contribution is -2.17. The van der Waals surface area contributed by atoms with E-state index in [0.717, 1.165) is 11.5 Å². The number of allylic oxidation sites excluding steroid dienone is 2. The van der Waals surface area contributed by atoms with Crippen LogP contribution in [0.4, 0.5) is 0 Å². The SMILES string of the molecule is CC1=CC(C(C)C)c2c(C(C)C)cc(C)c(C)c2O1. The monoisotopic (exact) mass is 258 g/mol. The van der Waals surface area contributed by atoms with Crippen molar-refractivity contribution in [1.29, 1.82) is 0 Å². The molecule has 1 unspecified atom stereocenters. The van der Waals surface area contributed by atoms with Crippen molar-refractivity contribution in [3.63, 3.8) is 0 Å². The van der Waals surface area contributed by atoms with Crippen LogP contribution < -0.4 is 4.74 Å². The summed E-state index contributed by atoms with van der Waals surface area (Å²) in [7, 11) is 0. The average Bonchev–Trinajstić information content (AvgIpc) is 2.32. The van der Waals surface area contributed by atoms with Gasteiger partial charge in [0.1, 0.15) is 5.75 Å². The van der Waals surface area contributed by atoms with Gasteiger partial charge in [-0.1, -0.05) is 33.8 Å². The molecule has 1 aromatic carbocycles. The van der Waals surface area contributed by atoms with Crippen LogP contribution in [0.25, 0.3) is 0 Å². The van der Waals surface area contributed by atoms with Crippen molar-refractivity contribution >= 4 is 0 Å². The minimum absolute atomic E-state index is 0.473. The van der Waals surface area contributed by atoms with E-state index < -0.39 is 0 Å². The number of hydrogen-bond acceptors (Lipinski definition) is 1. The quantitative estimate of drug-likeness (QED) is 0.684. The van der Waals surface area contributed by atoms with E-state index in [1.165, 1.54) is 22.3 Å². The Balaban J connectivity index is 2.73. The number of fused-ring (bicyclic) bond motifs is 1. The number of hydrogen-bond donors (Lipinski definition) is 0.